The Morgan fingerprint density at radius 3 is 1.79 bits per heavy atom. The largest absolute Gasteiger partial charge is 0.502 e. The fourth-order valence-corrected chi connectivity index (χ4v) is 2.09. The molecule has 2 rings (SSSR count). The second-order valence-corrected chi connectivity index (χ2v) is 4.95. The number of aromatic hydroxyl groups is 1. The molecule has 5 nitrogen and oxygen atoms in total. The highest BCUT2D eigenvalue weighted by atomic mass is 16.5. The van der Waals surface area contributed by atoms with Crippen molar-refractivity contribution in [2.24, 2.45) is 0 Å². The molecule has 0 aromatic heterocycles. The van der Waals surface area contributed by atoms with Gasteiger partial charge in [-0.1, -0.05) is 36.4 Å². The van der Waals surface area contributed by atoms with E-state index in [1.807, 2.05) is 36.4 Å². The fourth-order valence-electron chi connectivity index (χ4n) is 2.09. The molecule has 2 aromatic rings. The summed E-state index contributed by atoms with van der Waals surface area (Å²) in [6, 6.07) is 10.8. The minimum absolute atomic E-state index is 0.0354. The first-order valence-electron chi connectivity index (χ1n) is 7.17. The molecule has 0 saturated carbocycles. The lowest BCUT2D eigenvalue weighted by Gasteiger charge is -2.09. The third-order valence-corrected chi connectivity index (χ3v) is 3.33. The van der Waals surface area contributed by atoms with Crippen molar-refractivity contribution in [3.05, 3.63) is 59.2 Å². The van der Waals surface area contributed by atoms with Gasteiger partial charge < -0.3 is 19.7 Å². The van der Waals surface area contributed by atoms with E-state index >= 15 is 0 Å². The Morgan fingerprint density at radius 2 is 1.33 bits per heavy atom. The van der Waals surface area contributed by atoms with Crippen LogP contribution in [-0.4, -0.2) is 30.4 Å². The molecular weight excluding hydrogens is 308 g/mol. The molecule has 0 aliphatic carbocycles. The highest BCUT2D eigenvalue weighted by Gasteiger charge is 2.09. The van der Waals surface area contributed by atoms with Crippen LogP contribution < -0.4 is 9.47 Å². The predicted molar refractivity (Wildman–Crippen MR) is 93.3 cm³/mol. The monoisotopic (exact) mass is 326 g/mol. The average molecular weight is 326 g/mol. The van der Waals surface area contributed by atoms with E-state index in [0.717, 1.165) is 22.8 Å². The van der Waals surface area contributed by atoms with Crippen LogP contribution in [0.4, 0.5) is 0 Å². The zero-order chi connectivity index (χ0) is 17.5. The molecule has 0 radical (unpaired) electrons. The molecule has 24 heavy (non-hydrogen) atoms. The summed E-state index contributed by atoms with van der Waals surface area (Å²) in [6.45, 7) is 0. The van der Waals surface area contributed by atoms with Gasteiger partial charge in [0.2, 0.25) is 5.75 Å². The summed E-state index contributed by atoms with van der Waals surface area (Å²) in [6.07, 6.45) is 6.40. The Labute approximate surface area is 140 Å². The van der Waals surface area contributed by atoms with Gasteiger partial charge in [0.15, 0.2) is 11.5 Å². The molecule has 124 valence electrons. The molecule has 0 fully saturated rings. The molecule has 0 atom stereocenters. The van der Waals surface area contributed by atoms with Crippen LogP contribution in [0.15, 0.2) is 42.5 Å². The van der Waals surface area contributed by atoms with Crippen LogP contribution in [0.1, 0.15) is 16.7 Å². The molecule has 0 spiro atoms. The van der Waals surface area contributed by atoms with E-state index < -0.39 is 5.97 Å². The predicted octanol–water partition coefficient (Wildman–Crippen LogP) is 3.68. The van der Waals surface area contributed by atoms with E-state index in [2.05, 4.69) is 0 Å². The first kappa shape index (κ1) is 17.1. The van der Waals surface area contributed by atoms with E-state index in [1.54, 1.807) is 12.1 Å². The quantitative estimate of drug-likeness (QED) is 0.625. The van der Waals surface area contributed by atoms with Gasteiger partial charge in [0, 0.05) is 6.08 Å². The first-order chi connectivity index (χ1) is 11.5. The van der Waals surface area contributed by atoms with Crippen LogP contribution in [0.2, 0.25) is 0 Å². The van der Waals surface area contributed by atoms with Crippen molar-refractivity contribution in [3.63, 3.8) is 0 Å². The lowest BCUT2D eigenvalue weighted by Crippen LogP contribution is -1.90. The number of rotatable bonds is 6. The third-order valence-electron chi connectivity index (χ3n) is 3.33. The van der Waals surface area contributed by atoms with Gasteiger partial charge in [-0.25, -0.2) is 4.79 Å². The topological polar surface area (TPSA) is 76.0 Å². The number of carboxylic acid groups (broad SMARTS) is 1. The Bertz CT molecular complexity index is 748. The number of methoxy groups -OCH3 is 2. The number of phenolic OH excluding ortho intramolecular Hbond substituents is 1. The van der Waals surface area contributed by atoms with E-state index in [9.17, 15) is 9.90 Å². The fraction of sp³-hybridized carbons (Fsp3) is 0.105. The summed E-state index contributed by atoms with van der Waals surface area (Å²) in [5, 5.41) is 18.5. The molecule has 2 N–H and O–H groups in total. The molecule has 2 aromatic carbocycles. The number of hydrogen-bond acceptors (Lipinski definition) is 4. The second-order valence-electron chi connectivity index (χ2n) is 4.95. The molecule has 0 bridgehead atoms. The van der Waals surface area contributed by atoms with E-state index in [0.29, 0.717) is 11.5 Å². The van der Waals surface area contributed by atoms with E-state index in [4.69, 9.17) is 14.6 Å². The Kier molecular flexibility index (Phi) is 5.63. The molecule has 0 aliphatic heterocycles. The van der Waals surface area contributed by atoms with Gasteiger partial charge in [-0.15, -0.1) is 0 Å². The highest BCUT2D eigenvalue weighted by molar-refractivity contribution is 5.85. The Hall–Kier alpha value is -3.21. The number of benzene rings is 2. The zero-order valence-corrected chi connectivity index (χ0v) is 13.4. The lowest BCUT2D eigenvalue weighted by molar-refractivity contribution is -0.131. The molecule has 0 unspecified atom stereocenters. The van der Waals surface area contributed by atoms with Crippen molar-refractivity contribution in [1.82, 2.24) is 0 Å². The van der Waals surface area contributed by atoms with Gasteiger partial charge >= 0.3 is 5.97 Å². The average Bonchev–Trinajstić information content (AvgIpc) is 2.59. The van der Waals surface area contributed by atoms with Gasteiger partial charge in [-0.05, 0) is 34.9 Å². The summed E-state index contributed by atoms with van der Waals surface area (Å²) in [5.74, 6) is -0.341. The maximum Gasteiger partial charge on any atom is 0.328 e. The maximum atomic E-state index is 10.5. The van der Waals surface area contributed by atoms with E-state index in [1.165, 1.54) is 20.3 Å². The zero-order valence-electron chi connectivity index (χ0n) is 13.4. The molecule has 0 amide bonds. The summed E-state index contributed by atoms with van der Waals surface area (Å²) in [7, 11) is 2.96. The minimum atomic E-state index is -0.978. The number of phenols is 1. The number of hydrogen-bond donors (Lipinski definition) is 2. The lowest BCUT2D eigenvalue weighted by atomic mass is 10.1. The normalized spacial score (nSPS) is 11.1. The van der Waals surface area contributed by atoms with Gasteiger partial charge in [0.05, 0.1) is 14.2 Å². The standard InChI is InChI=1S/C19H18O5/c1-23-16-11-15(12-17(24-2)19(16)22)8-7-13-3-5-14(6-4-13)9-10-18(20)21/h3-12,22H,1-2H3,(H,20,21)/b8-7+,10-9+. The second kappa shape index (κ2) is 7.87. The van der Waals surface area contributed by atoms with Crippen LogP contribution in [0.3, 0.4) is 0 Å². The van der Waals surface area contributed by atoms with Crippen LogP contribution in [0, 0.1) is 0 Å². The van der Waals surface area contributed by atoms with Crippen LogP contribution in [0.25, 0.3) is 18.2 Å². The van der Waals surface area contributed by atoms with Gasteiger partial charge in [-0.3, -0.25) is 0 Å². The van der Waals surface area contributed by atoms with E-state index in [-0.39, 0.29) is 5.75 Å². The third kappa shape index (κ3) is 4.39. The number of carbonyl (C=O) groups is 1. The summed E-state index contributed by atoms with van der Waals surface area (Å²) >= 11 is 0. The Balaban J connectivity index is 2.20. The number of carboxylic acids is 1. The minimum Gasteiger partial charge on any atom is -0.502 e. The van der Waals surface area contributed by atoms with Crippen molar-refractivity contribution in [2.45, 2.75) is 0 Å². The van der Waals surface area contributed by atoms with Crippen molar-refractivity contribution < 1.29 is 24.5 Å². The summed E-state index contributed by atoms with van der Waals surface area (Å²) in [5.41, 5.74) is 2.58. The van der Waals surface area contributed by atoms with Gasteiger partial charge in [-0.2, -0.15) is 0 Å². The van der Waals surface area contributed by atoms with Crippen LogP contribution in [0.5, 0.6) is 17.2 Å². The van der Waals surface area contributed by atoms with Crippen molar-refractivity contribution in [1.29, 1.82) is 0 Å². The van der Waals surface area contributed by atoms with Crippen molar-refractivity contribution >= 4 is 24.2 Å². The summed E-state index contributed by atoms with van der Waals surface area (Å²) < 4.78 is 10.2. The molecular formula is C19H18O5. The van der Waals surface area contributed by atoms with Gasteiger partial charge in [0.25, 0.3) is 0 Å². The van der Waals surface area contributed by atoms with Crippen LogP contribution in [-0.2, 0) is 4.79 Å². The summed E-state index contributed by atoms with van der Waals surface area (Å²) in [4.78, 5) is 10.5. The SMILES string of the molecule is COc1cc(/C=C/c2ccc(/C=C/C(=O)O)cc2)cc(OC)c1O. The highest BCUT2D eigenvalue weighted by Crippen LogP contribution is 2.37. The van der Waals surface area contributed by atoms with Crippen LogP contribution >= 0.6 is 0 Å². The number of aliphatic carboxylic acids is 1. The van der Waals surface area contributed by atoms with Gasteiger partial charge in [0.1, 0.15) is 0 Å². The maximum absolute atomic E-state index is 10.5. The molecule has 0 aliphatic rings. The molecule has 5 heteroatoms. The molecule has 0 heterocycles. The van der Waals surface area contributed by atoms with Crippen molar-refractivity contribution in [3.8, 4) is 17.2 Å². The number of ether oxygens (including phenoxy) is 2. The Morgan fingerprint density at radius 1 is 0.875 bits per heavy atom. The molecule has 0 saturated heterocycles. The smallest absolute Gasteiger partial charge is 0.328 e. The van der Waals surface area contributed by atoms with Crippen molar-refractivity contribution in [2.75, 3.05) is 14.2 Å². The first-order valence-corrected chi connectivity index (χ1v) is 7.17.